The normalized spacial score (nSPS) is 24.5. The number of halogens is 1. The van der Waals surface area contributed by atoms with Gasteiger partial charge in [-0.15, -0.1) is 0 Å². The van der Waals surface area contributed by atoms with E-state index in [2.05, 4.69) is 46.4 Å². The van der Waals surface area contributed by atoms with Gasteiger partial charge in [0.05, 0.1) is 12.1 Å². The first-order valence-corrected chi connectivity index (χ1v) is 5.98. The third-order valence-corrected chi connectivity index (χ3v) is 3.41. The predicted octanol–water partition coefficient (Wildman–Crippen LogP) is 3.21. The van der Waals surface area contributed by atoms with E-state index in [-0.39, 0.29) is 5.54 Å². The molecular weight excluding hydrogens is 254 g/mol. The average Bonchev–Trinajstić information content (AvgIpc) is 2.19. The van der Waals surface area contributed by atoms with Crippen LogP contribution in [0.3, 0.4) is 0 Å². The number of hydrogen-bond donors (Lipinski definition) is 1. The quantitative estimate of drug-likeness (QED) is 0.891. The maximum Gasteiger partial charge on any atom is 0.0690 e. The molecule has 0 spiro atoms. The van der Waals surface area contributed by atoms with Crippen molar-refractivity contribution in [3.8, 4) is 0 Å². The van der Waals surface area contributed by atoms with Crippen LogP contribution in [-0.2, 0) is 11.2 Å². The molecule has 1 aromatic carbocycles. The second kappa shape index (κ2) is 4.14. The summed E-state index contributed by atoms with van der Waals surface area (Å²) in [5, 5.41) is 3.56. The van der Waals surface area contributed by atoms with Crippen molar-refractivity contribution in [1.29, 1.82) is 0 Å². The molecular formula is C12H16BrNO. The van der Waals surface area contributed by atoms with Crippen molar-refractivity contribution in [2.75, 3.05) is 19.0 Å². The lowest BCUT2D eigenvalue weighted by molar-refractivity contribution is 0.144. The Bertz CT molecular complexity index is 367. The maximum absolute atomic E-state index is 5.25. The smallest absolute Gasteiger partial charge is 0.0690 e. The van der Waals surface area contributed by atoms with E-state index in [1.165, 1.54) is 11.3 Å². The maximum atomic E-state index is 5.25. The number of hydrogen-bond acceptors (Lipinski definition) is 2. The third-order valence-electron chi connectivity index (χ3n) is 2.91. The first kappa shape index (κ1) is 11.0. The van der Waals surface area contributed by atoms with Crippen molar-refractivity contribution in [1.82, 2.24) is 0 Å². The molecule has 0 aliphatic carbocycles. The zero-order chi connectivity index (χ0) is 10.9. The van der Waals surface area contributed by atoms with Crippen molar-refractivity contribution in [3.63, 3.8) is 0 Å². The van der Waals surface area contributed by atoms with Crippen LogP contribution in [0.4, 0.5) is 5.69 Å². The topological polar surface area (TPSA) is 21.3 Å². The van der Waals surface area contributed by atoms with Crippen LogP contribution in [0.15, 0.2) is 22.7 Å². The summed E-state index contributed by atoms with van der Waals surface area (Å²) in [5.74, 6) is 0. The minimum Gasteiger partial charge on any atom is -0.382 e. The highest BCUT2D eigenvalue weighted by Crippen LogP contribution is 2.32. The van der Waals surface area contributed by atoms with Gasteiger partial charge in [-0.3, -0.25) is 0 Å². The van der Waals surface area contributed by atoms with Gasteiger partial charge in [-0.25, -0.2) is 0 Å². The van der Waals surface area contributed by atoms with E-state index in [0.717, 1.165) is 23.9 Å². The van der Waals surface area contributed by atoms with E-state index < -0.39 is 0 Å². The highest BCUT2D eigenvalue weighted by Gasteiger charge is 2.28. The number of rotatable bonds is 2. The second-order valence-corrected chi connectivity index (χ2v) is 5.34. The fraction of sp³-hybridized carbons (Fsp3) is 0.500. The summed E-state index contributed by atoms with van der Waals surface area (Å²) in [7, 11) is 1.75. The molecule has 2 rings (SSSR count). The Morgan fingerprint density at radius 1 is 1.53 bits per heavy atom. The van der Waals surface area contributed by atoms with Gasteiger partial charge in [-0.1, -0.05) is 15.9 Å². The SMILES string of the molecule is COCC1(C)CCc2cc(Br)ccc2N1. The number of anilines is 1. The molecule has 1 N–H and O–H groups in total. The predicted molar refractivity (Wildman–Crippen MR) is 66.4 cm³/mol. The highest BCUT2D eigenvalue weighted by molar-refractivity contribution is 9.10. The lowest BCUT2D eigenvalue weighted by atomic mass is 9.88. The fourth-order valence-corrected chi connectivity index (χ4v) is 2.52. The first-order valence-electron chi connectivity index (χ1n) is 5.18. The van der Waals surface area contributed by atoms with E-state index in [1.807, 2.05) is 0 Å². The van der Waals surface area contributed by atoms with Gasteiger partial charge < -0.3 is 10.1 Å². The molecule has 1 heterocycles. The summed E-state index contributed by atoms with van der Waals surface area (Å²) in [6.07, 6.45) is 2.23. The van der Waals surface area contributed by atoms with Gasteiger partial charge in [0.1, 0.15) is 0 Å². The number of fused-ring (bicyclic) bond motifs is 1. The molecule has 0 fully saturated rings. The lowest BCUT2D eigenvalue weighted by Gasteiger charge is -2.36. The Kier molecular flexibility index (Phi) is 3.03. The van der Waals surface area contributed by atoms with Crippen LogP contribution in [0, 0.1) is 0 Å². The van der Waals surface area contributed by atoms with E-state index in [4.69, 9.17) is 4.74 Å². The molecule has 3 heteroatoms. The monoisotopic (exact) mass is 269 g/mol. The zero-order valence-electron chi connectivity index (χ0n) is 9.14. The van der Waals surface area contributed by atoms with E-state index >= 15 is 0 Å². The van der Waals surface area contributed by atoms with E-state index in [1.54, 1.807) is 7.11 Å². The molecule has 0 aromatic heterocycles. The molecule has 0 bridgehead atoms. The Hall–Kier alpha value is -0.540. The van der Waals surface area contributed by atoms with Gasteiger partial charge in [0.2, 0.25) is 0 Å². The van der Waals surface area contributed by atoms with Gasteiger partial charge in [0.15, 0.2) is 0 Å². The zero-order valence-corrected chi connectivity index (χ0v) is 10.7. The van der Waals surface area contributed by atoms with Crippen LogP contribution >= 0.6 is 15.9 Å². The third kappa shape index (κ3) is 2.34. The molecule has 2 nitrogen and oxygen atoms in total. The van der Waals surface area contributed by atoms with Crippen LogP contribution < -0.4 is 5.32 Å². The summed E-state index contributed by atoms with van der Waals surface area (Å²) in [6, 6.07) is 6.39. The minimum absolute atomic E-state index is 0.0789. The van der Waals surface area contributed by atoms with Gasteiger partial charge >= 0.3 is 0 Å². The fourth-order valence-electron chi connectivity index (χ4n) is 2.12. The lowest BCUT2D eigenvalue weighted by Crippen LogP contribution is -2.42. The molecule has 0 amide bonds. The number of benzene rings is 1. The van der Waals surface area contributed by atoms with Crippen molar-refractivity contribution < 1.29 is 4.74 Å². The first-order chi connectivity index (χ1) is 7.13. The minimum atomic E-state index is 0.0789. The molecule has 1 aromatic rings. The highest BCUT2D eigenvalue weighted by atomic mass is 79.9. The molecule has 82 valence electrons. The molecule has 0 radical (unpaired) electrons. The van der Waals surface area contributed by atoms with Crippen molar-refractivity contribution in [3.05, 3.63) is 28.2 Å². The van der Waals surface area contributed by atoms with Crippen molar-refractivity contribution in [2.24, 2.45) is 0 Å². The summed E-state index contributed by atoms with van der Waals surface area (Å²) in [5.41, 5.74) is 2.71. The Labute approximate surface area is 99.1 Å². The Morgan fingerprint density at radius 3 is 3.07 bits per heavy atom. The van der Waals surface area contributed by atoms with Crippen LogP contribution in [0.1, 0.15) is 18.9 Å². The van der Waals surface area contributed by atoms with Crippen LogP contribution in [0.2, 0.25) is 0 Å². The number of methoxy groups -OCH3 is 1. The van der Waals surface area contributed by atoms with Gasteiger partial charge in [0, 0.05) is 17.3 Å². The summed E-state index contributed by atoms with van der Waals surface area (Å²) in [4.78, 5) is 0. The van der Waals surface area contributed by atoms with Gasteiger partial charge in [0.25, 0.3) is 0 Å². The Morgan fingerprint density at radius 2 is 2.33 bits per heavy atom. The van der Waals surface area contributed by atoms with Crippen molar-refractivity contribution in [2.45, 2.75) is 25.3 Å². The van der Waals surface area contributed by atoms with E-state index in [9.17, 15) is 0 Å². The van der Waals surface area contributed by atoms with Crippen LogP contribution in [-0.4, -0.2) is 19.3 Å². The summed E-state index contributed by atoms with van der Waals surface area (Å²) >= 11 is 3.50. The summed E-state index contributed by atoms with van der Waals surface area (Å²) in [6.45, 7) is 2.96. The number of ether oxygens (including phenoxy) is 1. The number of nitrogens with one attached hydrogen (secondary N) is 1. The molecule has 15 heavy (non-hydrogen) atoms. The number of aryl methyl sites for hydroxylation is 1. The van der Waals surface area contributed by atoms with Crippen LogP contribution in [0.5, 0.6) is 0 Å². The average molecular weight is 270 g/mol. The standard InChI is InChI=1S/C12H16BrNO/c1-12(8-15-2)6-5-9-7-10(13)3-4-11(9)14-12/h3-4,7,14H,5-6,8H2,1-2H3. The van der Waals surface area contributed by atoms with E-state index in [0.29, 0.717) is 0 Å². The van der Waals surface area contributed by atoms with Gasteiger partial charge in [-0.05, 0) is 43.5 Å². The summed E-state index contributed by atoms with van der Waals surface area (Å²) < 4.78 is 6.40. The van der Waals surface area contributed by atoms with Crippen molar-refractivity contribution >= 4 is 21.6 Å². The Balaban J connectivity index is 2.23. The van der Waals surface area contributed by atoms with Gasteiger partial charge in [-0.2, -0.15) is 0 Å². The molecule has 0 saturated heterocycles. The molecule has 1 aliphatic rings. The molecule has 1 aliphatic heterocycles. The molecule has 0 saturated carbocycles. The molecule has 1 unspecified atom stereocenters. The largest absolute Gasteiger partial charge is 0.382 e. The molecule has 1 atom stereocenters. The second-order valence-electron chi connectivity index (χ2n) is 4.42. The van der Waals surface area contributed by atoms with Crippen LogP contribution in [0.25, 0.3) is 0 Å².